The van der Waals surface area contributed by atoms with Crippen LogP contribution >= 0.6 is 0 Å². The van der Waals surface area contributed by atoms with Gasteiger partial charge in [-0.1, -0.05) is 76.3 Å². The molecule has 0 radical (unpaired) electrons. The molecular weight excluding hydrogens is 1090 g/mol. The number of nitrogens with zero attached hydrogens (tertiary/aromatic N) is 3. The molecule has 462 valence electrons. The van der Waals surface area contributed by atoms with E-state index < -0.39 is 84.7 Å². The largest absolute Gasteiger partial charge is 0.506 e. The van der Waals surface area contributed by atoms with E-state index in [1.807, 2.05) is 13.8 Å². The highest BCUT2D eigenvalue weighted by Crippen LogP contribution is 2.46. The predicted octanol–water partition coefficient (Wildman–Crippen LogP) is 7.47. The van der Waals surface area contributed by atoms with Crippen molar-refractivity contribution in [3.63, 3.8) is 0 Å². The second-order valence-electron chi connectivity index (χ2n) is 21.7. The SMILES string of the molecule is CO[C@H]1C=CC=C(C)C(=O)Nc2cc(O)c(N=CCN(C)CC=Nc3c(O)cc4c(O)c3C[C@@H](C)C[C@H](OC)[C@H](O)[C@@H](C)C=C(C)[C@H](OC(N)=O)[C@@H](OC)C=CC=C(C)C(=O)N4)c(c2O)C[C@@H](C)C[C@H](OC)[C@H](O)[C@@H](C)C=C(C)[C@@H]1OC(N)=O. The zero-order valence-electron chi connectivity index (χ0n) is 50.4. The van der Waals surface area contributed by atoms with Gasteiger partial charge in [0.15, 0.2) is 12.2 Å². The first-order chi connectivity index (χ1) is 39.6. The van der Waals surface area contributed by atoms with Crippen molar-refractivity contribution in [1.29, 1.82) is 0 Å². The van der Waals surface area contributed by atoms with Crippen LogP contribution in [-0.2, 0) is 50.9 Å². The van der Waals surface area contributed by atoms with E-state index in [1.165, 1.54) is 65.2 Å². The number of rotatable bonds is 12. The van der Waals surface area contributed by atoms with Crippen LogP contribution in [-0.4, -0.2) is 169 Å². The number of hydrogen-bond donors (Lipinski definition) is 10. The number of fused-ring (bicyclic) bond motifs is 4. The van der Waals surface area contributed by atoms with E-state index in [9.17, 15) is 49.8 Å². The quantitative estimate of drug-likeness (QED) is 0.0426. The van der Waals surface area contributed by atoms with Gasteiger partial charge in [-0.25, -0.2) is 9.59 Å². The Kier molecular flexibility index (Phi) is 26.8. The predicted molar refractivity (Wildman–Crippen MR) is 321 cm³/mol. The number of nitrogens with two attached hydrogens (primary N) is 2. The van der Waals surface area contributed by atoms with E-state index in [4.69, 9.17) is 39.9 Å². The van der Waals surface area contributed by atoms with Gasteiger partial charge in [-0.15, -0.1) is 0 Å². The van der Waals surface area contributed by atoms with Crippen molar-refractivity contribution in [3.05, 3.63) is 94.2 Å². The van der Waals surface area contributed by atoms with Crippen LogP contribution in [0.3, 0.4) is 0 Å². The molecule has 4 rings (SSSR count). The lowest BCUT2D eigenvalue weighted by Gasteiger charge is -2.29. The minimum atomic E-state index is -1.06. The van der Waals surface area contributed by atoms with E-state index in [2.05, 4.69) is 20.6 Å². The normalized spacial score (nSPS) is 26.7. The number of phenols is 4. The number of aliphatic hydroxyl groups excluding tert-OH is 2. The molecule has 0 fully saturated rings. The average molecular weight is 1170 g/mol. The summed E-state index contributed by atoms with van der Waals surface area (Å²) in [5.74, 6) is -4.27. The topological polar surface area (TPSA) is 349 Å². The van der Waals surface area contributed by atoms with E-state index in [0.29, 0.717) is 11.1 Å². The van der Waals surface area contributed by atoms with Gasteiger partial charge >= 0.3 is 12.2 Å². The van der Waals surface area contributed by atoms with Gasteiger partial charge in [-0.2, -0.15) is 0 Å². The van der Waals surface area contributed by atoms with E-state index in [-0.39, 0.29) is 119 Å². The summed E-state index contributed by atoms with van der Waals surface area (Å²) in [6, 6.07) is 2.39. The third-order valence-corrected chi connectivity index (χ3v) is 14.8. The number of phenolic OH excluding ortho intramolecular Hbond substituents is 4. The summed E-state index contributed by atoms with van der Waals surface area (Å²) in [4.78, 5) is 62.1. The molecule has 4 amide bonds. The first kappa shape index (κ1) is 69.1. The Bertz CT molecular complexity index is 2690. The number of amides is 4. The summed E-state index contributed by atoms with van der Waals surface area (Å²) in [6.07, 6.45) is 7.20. The molecule has 0 aliphatic carbocycles. The van der Waals surface area contributed by atoms with Crippen molar-refractivity contribution in [3.8, 4) is 23.0 Å². The van der Waals surface area contributed by atoms with Crippen LogP contribution in [0.25, 0.3) is 0 Å². The molecule has 2 aromatic rings. The molecule has 0 saturated heterocycles. The van der Waals surface area contributed by atoms with E-state index in [1.54, 1.807) is 89.9 Å². The lowest BCUT2D eigenvalue weighted by molar-refractivity contribution is -0.113. The summed E-state index contributed by atoms with van der Waals surface area (Å²) >= 11 is 0. The number of ether oxygens (including phenoxy) is 6. The number of anilines is 2. The summed E-state index contributed by atoms with van der Waals surface area (Å²) in [7, 11) is 7.53. The standard InChI is InChI=1S/C61H87N7O16/c1-32-24-40-50(44(69)30-42(54(40)73)66-58(75)34(3)16-14-18-46(79-10)56(83-60(62)77)38(7)28-36(5)52(71)48(26-32)81-12)64-20-22-68(9)23-21-65-51-41-25-33(2)27-49(82-13)53(72)37(6)29-39(8)57(84-61(63)78)47(80-11)19-15-17-35(4)59(76)67-43(55(41)74)31-45(51)70/h14-21,28-33,36-37,46-49,52-53,56-57,69-74H,22-27H2,1-13H3,(H2,62,77)(H2,63,78)(H,66,75)(H,67,76)/t32-,33-,36+,37+,46+,47+,48+,49+,52-,53-,56+,57+/m1/s1. The Labute approximate surface area is 492 Å². The molecule has 23 heteroatoms. The molecule has 0 aromatic heterocycles. The van der Waals surface area contributed by atoms with Gasteiger partial charge in [0.05, 0.1) is 35.8 Å². The Morgan fingerprint density at radius 1 is 0.631 bits per heavy atom. The molecule has 0 spiro atoms. The molecule has 4 bridgehead atoms. The molecule has 84 heavy (non-hydrogen) atoms. The number of aliphatic hydroxyl groups is 2. The Morgan fingerprint density at radius 3 is 1.31 bits per heavy atom. The highest BCUT2D eigenvalue weighted by molar-refractivity contribution is 6.05. The maximum atomic E-state index is 13.5. The van der Waals surface area contributed by atoms with Crippen LogP contribution in [0.15, 0.2) is 93.0 Å². The van der Waals surface area contributed by atoms with E-state index in [0.717, 1.165) is 0 Å². The number of allylic oxidation sites excluding steroid dienone is 4. The minimum absolute atomic E-state index is 0.0349. The highest BCUT2D eigenvalue weighted by atomic mass is 16.6. The molecule has 23 nitrogen and oxygen atoms in total. The van der Waals surface area contributed by atoms with Crippen molar-refractivity contribution >= 4 is 59.2 Å². The van der Waals surface area contributed by atoms with Crippen LogP contribution in [0.4, 0.5) is 32.3 Å². The molecule has 2 aliphatic rings. The fourth-order valence-corrected chi connectivity index (χ4v) is 10.1. The zero-order chi connectivity index (χ0) is 62.7. The van der Waals surface area contributed by atoms with Crippen LogP contribution in [0.5, 0.6) is 23.0 Å². The number of nitrogens with one attached hydrogen (secondary N) is 2. The number of hydrogen-bond acceptors (Lipinski definition) is 19. The first-order valence-electron chi connectivity index (χ1n) is 27.6. The lowest BCUT2D eigenvalue weighted by Crippen LogP contribution is -2.37. The molecule has 2 aromatic carbocycles. The minimum Gasteiger partial charge on any atom is -0.506 e. The summed E-state index contributed by atoms with van der Waals surface area (Å²) in [5, 5.41) is 75.4. The Morgan fingerprint density at radius 2 is 0.988 bits per heavy atom. The molecule has 0 saturated carbocycles. The maximum absolute atomic E-state index is 13.5. The number of aliphatic imine (C=N–C) groups is 2. The highest BCUT2D eigenvalue weighted by Gasteiger charge is 2.33. The van der Waals surface area contributed by atoms with Gasteiger partial charge in [0.25, 0.3) is 11.8 Å². The smallest absolute Gasteiger partial charge is 0.405 e. The second-order valence-corrected chi connectivity index (χ2v) is 21.7. The average Bonchev–Trinajstić information content (AvgIpc) is 2.30. The number of primary amides is 2. The van der Waals surface area contributed by atoms with Crippen molar-refractivity contribution in [2.75, 3.05) is 59.2 Å². The van der Waals surface area contributed by atoms with Crippen LogP contribution in [0.2, 0.25) is 0 Å². The van der Waals surface area contributed by atoms with Crippen molar-refractivity contribution in [2.24, 2.45) is 45.1 Å². The number of aromatic hydroxyl groups is 4. The lowest BCUT2D eigenvalue weighted by atomic mass is 9.87. The summed E-state index contributed by atoms with van der Waals surface area (Å²) in [5.41, 5.74) is 12.7. The van der Waals surface area contributed by atoms with Crippen molar-refractivity contribution < 1.29 is 78.2 Å². The van der Waals surface area contributed by atoms with Gasteiger partial charge in [-0.3, -0.25) is 24.5 Å². The van der Waals surface area contributed by atoms with Crippen LogP contribution < -0.4 is 22.1 Å². The second kappa shape index (κ2) is 32.6. The number of carbonyl (C=O) groups excluding carboxylic acids is 4. The zero-order valence-corrected chi connectivity index (χ0v) is 50.4. The van der Waals surface area contributed by atoms with Gasteiger partial charge < -0.3 is 81.2 Å². The monoisotopic (exact) mass is 1170 g/mol. The molecule has 2 aliphatic heterocycles. The van der Waals surface area contributed by atoms with Crippen molar-refractivity contribution in [2.45, 2.75) is 130 Å². The first-order valence-corrected chi connectivity index (χ1v) is 27.6. The third-order valence-electron chi connectivity index (χ3n) is 14.8. The number of carbonyl (C=O) groups is 4. The van der Waals surface area contributed by atoms with Crippen LogP contribution in [0, 0.1) is 23.7 Å². The van der Waals surface area contributed by atoms with Crippen LogP contribution in [0.1, 0.15) is 79.4 Å². The number of methoxy groups -OCH3 is 4. The van der Waals surface area contributed by atoms with Gasteiger partial charge in [-0.05, 0) is 83.4 Å². The Balaban J connectivity index is 1.69. The van der Waals surface area contributed by atoms with Gasteiger partial charge in [0.1, 0.15) is 46.6 Å². The molecule has 12 atom stereocenters. The molecule has 2 heterocycles. The maximum Gasteiger partial charge on any atom is 0.405 e. The molecule has 0 unspecified atom stereocenters. The third kappa shape index (κ3) is 19.3. The fourth-order valence-electron chi connectivity index (χ4n) is 10.1. The fraction of sp³-hybridized carbons (Fsp3) is 0.508. The number of benzene rings is 2. The summed E-state index contributed by atoms with van der Waals surface area (Å²) in [6.45, 7) is 14.2. The molecular formula is C61H87N7O16. The molecule has 12 N–H and O–H groups in total. The van der Waals surface area contributed by atoms with Gasteiger partial charge in [0, 0.05) is 100 Å². The summed E-state index contributed by atoms with van der Waals surface area (Å²) < 4.78 is 33.8. The van der Waals surface area contributed by atoms with Crippen molar-refractivity contribution in [1.82, 2.24) is 4.90 Å². The Hall–Kier alpha value is -7.38. The van der Waals surface area contributed by atoms with E-state index >= 15 is 0 Å². The van der Waals surface area contributed by atoms with Gasteiger partial charge in [0.2, 0.25) is 0 Å².